The zero-order valence-corrected chi connectivity index (χ0v) is 14.9. The first-order valence-corrected chi connectivity index (χ1v) is 8.32. The molecule has 28 heavy (non-hydrogen) atoms. The molecule has 0 bridgehead atoms. The monoisotopic (exact) mass is 393 g/mol. The van der Waals surface area contributed by atoms with Gasteiger partial charge in [0.05, 0.1) is 6.54 Å². The minimum Gasteiger partial charge on any atom is -0.468 e. The molecule has 0 atom stereocenters. The van der Waals surface area contributed by atoms with E-state index in [1.807, 2.05) is 28.8 Å². The van der Waals surface area contributed by atoms with E-state index in [1.54, 1.807) is 13.1 Å². The third-order valence-corrected chi connectivity index (χ3v) is 3.66. The number of aliphatic imine (C=N–C) groups is 1. The second kappa shape index (κ2) is 8.55. The van der Waals surface area contributed by atoms with Crippen LogP contribution < -0.4 is 15.4 Å². The van der Waals surface area contributed by atoms with Crippen molar-refractivity contribution >= 4 is 11.6 Å². The van der Waals surface area contributed by atoms with Crippen LogP contribution in [0, 0.1) is 0 Å². The molecular formula is C17H18F3N7O. The molecule has 2 N–H and O–H groups in total. The normalized spacial score (nSPS) is 12.2. The maximum Gasteiger partial charge on any atom is 0.422 e. The van der Waals surface area contributed by atoms with Crippen molar-refractivity contribution in [3.8, 4) is 5.88 Å². The molecule has 0 aliphatic heterocycles. The number of guanidine groups is 1. The second-order valence-electron chi connectivity index (χ2n) is 5.73. The molecule has 0 saturated heterocycles. The molecule has 3 heterocycles. The Morgan fingerprint density at radius 1 is 1.18 bits per heavy atom. The maximum atomic E-state index is 12.2. The van der Waals surface area contributed by atoms with Crippen LogP contribution in [-0.4, -0.2) is 45.4 Å². The molecular weight excluding hydrogens is 375 g/mol. The Kier molecular flexibility index (Phi) is 5.92. The van der Waals surface area contributed by atoms with Gasteiger partial charge < -0.3 is 15.4 Å². The lowest BCUT2D eigenvalue weighted by atomic mass is 10.2. The van der Waals surface area contributed by atoms with Crippen LogP contribution in [0.25, 0.3) is 5.65 Å². The first-order valence-electron chi connectivity index (χ1n) is 8.32. The molecule has 0 aromatic carbocycles. The Morgan fingerprint density at radius 2 is 2.00 bits per heavy atom. The fraction of sp³-hybridized carbons (Fsp3) is 0.294. The highest BCUT2D eigenvalue weighted by Gasteiger charge is 2.28. The average molecular weight is 393 g/mol. The van der Waals surface area contributed by atoms with E-state index in [2.05, 4.69) is 35.5 Å². The number of fused-ring (bicyclic) bond motifs is 1. The van der Waals surface area contributed by atoms with Crippen LogP contribution in [0.2, 0.25) is 0 Å². The van der Waals surface area contributed by atoms with Gasteiger partial charge in [0, 0.05) is 32.1 Å². The summed E-state index contributed by atoms with van der Waals surface area (Å²) in [4.78, 5) is 7.89. The number of halogens is 3. The Morgan fingerprint density at radius 3 is 2.79 bits per heavy atom. The summed E-state index contributed by atoms with van der Waals surface area (Å²) in [5, 5.41) is 14.4. The molecule has 0 saturated carbocycles. The number of hydrogen-bond donors (Lipinski definition) is 2. The molecule has 3 aromatic rings. The minimum atomic E-state index is -4.41. The largest absolute Gasteiger partial charge is 0.468 e. The summed E-state index contributed by atoms with van der Waals surface area (Å²) in [7, 11) is 1.61. The van der Waals surface area contributed by atoms with E-state index >= 15 is 0 Å². The highest BCUT2D eigenvalue weighted by atomic mass is 19.4. The van der Waals surface area contributed by atoms with Gasteiger partial charge in [-0.15, -0.1) is 10.2 Å². The first-order chi connectivity index (χ1) is 13.4. The van der Waals surface area contributed by atoms with Gasteiger partial charge in [-0.3, -0.25) is 9.39 Å². The van der Waals surface area contributed by atoms with Crippen LogP contribution in [0.5, 0.6) is 5.88 Å². The second-order valence-corrected chi connectivity index (χ2v) is 5.73. The van der Waals surface area contributed by atoms with Gasteiger partial charge in [-0.25, -0.2) is 4.98 Å². The van der Waals surface area contributed by atoms with E-state index in [-0.39, 0.29) is 5.88 Å². The highest BCUT2D eigenvalue weighted by molar-refractivity contribution is 5.79. The van der Waals surface area contributed by atoms with Crippen molar-refractivity contribution in [3.05, 3.63) is 54.1 Å². The summed E-state index contributed by atoms with van der Waals surface area (Å²) < 4.78 is 43.2. The van der Waals surface area contributed by atoms with Crippen LogP contribution in [-0.2, 0) is 13.1 Å². The van der Waals surface area contributed by atoms with E-state index in [4.69, 9.17) is 0 Å². The van der Waals surface area contributed by atoms with Gasteiger partial charge in [0.2, 0.25) is 5.88 Å². The van der Waals surface area contributed by atoms with Gasteiger partial charge in [0.25, 0.3) is 0 Å². The van der Waals surface area contributed by atoms with E-state index in [0.717, 1.165) is 5.65 Å². The van der Waals surface area contributed by atoms with E-state index in [1.165, 1.54) is 12.3 Å². The average Bonchev–Trinajstić information content (AvgIpc) is 3.10. The molecule has 3 aromatic heterocycles. The summed E-state index contributed by atoms with van der Waals surface area (Å²) in [6, 6.07) is 8.73. The summed E-state index contributed by atoms with van der Waals surface area (Å²) in [5.74, 6) is 1.13. The molecule has 3 rings (SSSR count). The first kappa shape index (κ1) is 19.4. The van der Waals surface area contributed by atoms with E-state index in [9.17, 15) is 13.2 Å². The Labute approximate surface area is 158 Å². The quantitative estimate of drug-likeness (QED) is 0.492. The number of pyridine rings is 2. The predicted octanol–water partition coefficient (Wildman–Crippen LogP) is 1.93. The van der Waals surface area contributed by atoms with Crippen molar-refractivity contribution in [1.29, 1.82) is 0 Å². The molecule has 0 radical (unpaired) electrons. The standard InChI is InChI=1S/C17H18F3N7O/c1-21-16(24-10-14-26-25-13-4-2-3-7-27(13)14)23-9-12-5-6-22-15(8-12)28-11-17(18,19)20/h2-8H,9-11H2,1H3,(H2,21,23,24). The van der Waals surface area contributed by atoms with Crippen molar-refractivity contribution in [2.45, 2.75) is 19.3 Å². The van der Waals surface area contributed by atoms with Crippen LogP contribution in [0.3, 0.4) is 0 Å². The number of nitrogens with one attached hydrogen (secondary N) is 2. The van der Waals surface area contributed by atoms with Crippen LogP contribution >= 0.6 is 0 Å². The summed E-state index contributed by atoms with van der Waals surface area (Å²) in [6.07, 6.45) is -1.16. The summed E-state index contributed by atoms with van der Waals surface area (Å²) in [5.41, 5.74) is 1.44. The smallest absolute Gasteiger partial charge is 0.422 e. The summed E-state index contributed by atoms with van der Waals surface area (Å²) in [6.45, 7) is -0.668. The molecule has 0 spiro atoms. The molecule has 0 unspecified atom stereocenters. The van der Waals surface area contributed by atoms with Gasteiger partial charge in [0.1, 0.15) is 0 Å². The van der Waals surface area contributed by atoms with Crippen molar-refractivity contribution < 1.29 is 17.9 Å². The predicted molar refractivity (Wildman–Crippen MR) is 95.8 cm³/mol. The van der Waals surface area contributed by atoms with Gasteiger partial charge in [-0.2, -0.15) is 13.2 Å². The van der Waals surface area contributed by atoms with Crippen molar-refractivity contribution in [3.63, 3.8) is 0 Å². The highest BCUT2D eigenvalue weighted by Crippen LogP contribution is 2.17. The summed E-state index contributed by atoms with van der Waals surface area (Å²) >= 11 is 0. The Hall–Kier alpha value is -3.37. The number of nitrogens with zero attached hydrogens (tertiary/aromatic N) is 5. The number of rotatable bonds is 6. The van der Waals surface area contributed by atoms with Gasteiger partial charge in [-0.1, -0.05) is 6.07 Å². The Balaban J connectivity index is 1.54. The van der Waals surface area contributed by atoms with Crippen molar-refractivity contribution in [2.24, 2.45) is 4.99 Å². The Bertz CT molecular complexity index is 955. The van der Waals surface area contributed by atoms with Crippen LogP contribution in [0.1, 0.15) is 11.4 Å². The SMILES string of the molecule is CN=C(NCc1ccnc(OCC(F)(F)F)c1)NCc1nnc2ccccn12. The maximum absolute atomic E-state index is 12.2. The molecule has 0 amide bonds. The lowest BCUT2D eigenvalue weighted by molar-refractivity contribution is -0.154. The van der Waals surface area contributed by atoms with Crippen molar-refractivity contribution in [2.75, 3.05) is 13.7 Å². The fourth-order valence-electron chi connectivity index (χ4n) is 2.38. The topological polar surface area (TPSA) is 88.7 Å². The van der Waals surface area contributed by atoms with E-state index < -0.39 is 12.8 Å². The van der Waals surface area contributed by atoms with Crippen molar-refractivity contribution in [1.82, 2.24) is 30.2 Å². The third kappa shape index (κ3) is 5.32. The molecule has 11 heteroatoms. The number of aromatic nitrogens is 4. The van der Waals surface area contributed by atoms with E-state index in [0.29, 0.717) is 30.4 Å². The molecule has 0 aliphatic rings. The fourth-order valence-corrected chi connectivity index (χ4v) is 2.38. The minimum absolute atomic E-state index is 0.0884. The molecule has 0 fully saturated rings. The van der Waals surface area contributed by atoms with Gasteiger partial charge >= 0.3 is 6.18 Å². The van der Waals surface area contributed by atoms with Crippen LogP contribution in [0.15, 0.2) is 47.7 Å². The lowest BCUT2D eigenvalue weighted by Crippen LogP contribution is -2.36. The number of ether oxygens (including phenoxy) is 1. The number of alkyl halides is 3. The van der Waals surface area contributed by atoms with Gasteiger partial charge in [-0.05, 0) is 23.8 Å². The molecule has 0 aliphatic carbocycles. The third-order valence-electron chi connectivity index (χ3n) is 3.66. The molecule has 8 nitrogen and oxygen atoms in total. The number of hydrogen-bond acceptors (Lipinski definition) is 5. The van der Waals surface area contributed by atoms with Gasteiger partial charge in [0.15, 0.2) is 24.0 Å². The lowest BCUT2D eigenvalue weighted by Gasteiger charge is -2.12. The molecule has 148 valence electrons. The zero-order chi connectivity index (χ0) is 20.0. The zero-order valence-electron chi connectivity index (χ0n) is 14.9. The van der Waals surface area contributed by atoms with Crippen LogP contribution in [0.4, 0.5) is 13.2 Å².